The Morgan fingerprint density at radius 3 is 2.14 bits per heavy atom. The van der Waals surface area contributed by atoms with E-state index in [0.717, 1.165) is 43.8 Å². The number of hydrogen-bond acceptors (Lipinski definition) is 11. The number of terminal acetylenes is 1. The van der Waals surface area contributed by atoms with Crippen molar-refractivity contribution in [2.24, 2.45) is 5.92 Å². The molecule has 5 atom stereocenters. The number of carboxylic acid groups (broad SMARTS) is 2. The molecule has 4 fully saturated rings. The maximum absolute atomic E-state index is 13.0. The van der Waals surface area contributed by atoms with Gasteiger partial charge in [0.2, 0.25) is 11.8 Å². The van der Waals surface area contributed by atoms with E-state index < -0.39 is 29.3 Å². The number of aliphatic carboxylic acids is 2. The average molecular weight is 886 g/mol. The molecule has 1 saturated carbocycles. The minimum absolute atomic E-state index is 0.0260. The van der Waals surface area contributed by atoms with Crippen molar-refractivity contribution < 1.29 is 43.6 Å². The number of nitrogens with one attached hydrogen (secondary N) is 2. The molecule has 5 rings (SSSR count). The van der Waals surface area contributed by atoms with E-state index in [1.54, 1.807) is 14.2 Å². The number of carboxylic acids is 2. The molecule has 3 saturated heterocycles. The van der Waals surface area contributed by atoms with Gasteiger partial charge in [0.15, 0.2) is 11.5 Å². The monoisotopic (exact) mass is 885 g/mol. The van der Waals surface area contributed by atoms with Crippen molar-refractivity contribution in [3.8, 4) is 24.3 Å². The predicted molar refractivity (Wildman–Crippen MR) is 247 cm³/mol. The van der Waals surface area contributed by atoms with Crippen LogP contribution in [0.1, 0.15) is 124 Å². The second-order valence-electron chi connectivity index (χ2n) is 13.8. The number of ether oxygens (including phenoxy) is 3. The average Bonchev–Trinajstić information content (AvgIpc) is 3.98. The summed E-state index contributed by atoms with van der Waals surface area (Å²) in [5.41, 5.74) is 1.23. The summed E-state index contributed by atoms with van der Waals surface area (Å²) in [5, 5.41) is 23.7. The van der Waals surface area contributed by atoms with E-state index in [4.69, 9.17) is 19.3 Å². The van der Waals surface area contributed by atoms with E-state index in [1.165, 1.54) is 102 Å². The lowest BCUT2D eigenvalue weighted by Gasteiger charge is -2.29. The third-order valence-corrected chi connectivity index (χ3v) is 14.2. The molecule has 3 aliphatic heterocycles. The molecule has 3 heterocycles. The van der Waals surface area contributed by atoms with Crippen molar-refractivity contribution in [3.05, 3.63) is 23.8 Å². The first-order chi connectivity index (χ1) is 28.6. The Kier molecular flexibility index (Phi) is 33.3. The third-order valence-electron chi connectivity index (χ3n) is 9.88. The Hall–Kier alpha value is -2.77. The van der Waals surface area contributed by atoms with Crippen LogP contribution < -0.4 is 20.1 Å². The fourth-order valence-electron chi connectivity index (χ4n) is 6.56. The molecule has 2 amide bonds. The highest BCUT2D eigenvalue weighted by atomic mass is 33.1. The fourth-order valence-corrected chi connectivity index (χ4v) is 10.9. The van der Waals surface area contributed by atoms with Crippen LogP contribution in [0.25, 0.3) is 0 Å². The largest absolute Gasteiger partial charge is 0.493 e. The number of nitrogens with zero attached hydrogens (tertiary/aromatic N) is 1. The van der Waals surface area contributed by atoms with Crippen molar-refractivity contribution in [3.63, 3.8) is 0 Å². The molecule has 4 aliphatic rings. The molecule has 338 valence electrons. The van der Waals surface area contributed by atoms with Crippen LogP contribution >= 0.6 is 33.3 Å². The summed E-state index contributed by atoms with van der Waals surface area (Å²) < 4.78 is 16.5. The van der Waals surface area contributed by atoms with E-state index in [1.807, 2.05) is 53.7 Å². The Morgan fingerprint density at radius 1 is 0.949 bits per heavy atom. The minimum atomic E-state index is -1.01. The molecule has 1 aromatic rings. The maximum Gasteiger partial charge on any atom is 0.327 e. The number of thioether (sulfide) groups is 1. The van der Waals surface area contributed by atoms with Crippen LogP contribution in [0, 0.1) is 18.8 Å². The van der Waals surface area contributed by atoms with E-state index in [2.05, 4.69) is 29.5 Å². The summed E-state index contributed by atoms with van der Waals surface area (Å²) in [4.78, 5) is 49.6. The van der Waals surface area contributed by atoms with Gasteiger partial charge in [-0.05, 0) is 88.1 Å². The number of hydrogen-bond donors (Lipinski definition) is 4. The predicted octanol–water partition coefficient (Wildman–Crippen LogP) is 8.55. The van der Waals surface area contributed by atoms with Gasteiger partial charge in [-0.3, -0.25) is 14.4 Å². The van der Waals surface area contributed by atoms with Crippen LogP contribution in [0.5, 0.6) is 11.5 Å². The molecule has 0 bridgehead atoms. The van der Waals surface area contributed by atoms with Gasteiger partial charge in [-0.1, -0.05) is 94.9 Å². The highest BCUT2D eigenvalue weighted by molar-refractivity contribution is 8.77. The smallest absolute Gasteiger partial charge is 0.327 e. The van der Waals surface area contributed by atoms with E-state index in [0.29, 0.717) is 24.0 Å². The highest BCUT2D eigenvalue weighted by Gasteiger charge is 2.45. The summed E-state index contributed by atoms with van der Waals surface area (Å²) in [5.74, 6) is -0.0569. The first-order valence-corrected chi connectivity index (χ1v) is 24.9. The standard InChI is InChI=1S/C18H28N2O6S3.C16H24O3.C4H9N.2C2H6.C2H2/c1-3-10(2)15(29-28-8-7-14(21)22)16(23)19-11-5-4-6-13-20(17(11)24)12(9-27-13)18(25)26;1-17-15-9-8-13(12-16(15)18-2)10-11-19-14-6-4-3-5-7-14;1-2-4-5-3-1;3*1-2/h10-13,15H,3-9H2,1-2H3,(H,19,23)(H,21,22)(H,25,26);8-9,12,14H,3-7,10-11H2,1-2H3;5H,1-4H2;2*1-2H3;1-2H/t10-,11-,12-,13+,15?;;;;;/m0...../s1. The van der Waals surface area contributed by atoms with Crippen LogP contribution in [-0.4, -0.2) is 113 Å². The number of amides is 2. The second-order valence-corrected chi connectivity index (χ2v) is 17.6. The molecule has 59 heavy (non-hydrogen) atoms. The molecule has 0 aromatic heterocycles. The van der Waals surface area contributed by atoms with Crippen LogP contribution in [0.3, 0.4) is 0 Å². The number of fused-ring (bicyclic) bond motifs is 1. The molecule has 1 aromatic carbocycles. The summed E-state index contributed by atoms with van der Waals surface area (Å²) in [6, 6.07) is 4.49. The number of carbonyl (C=O) groups is 4. The number of benzene rings is 1. The lowest BCUT2D eigenvalue weighted by atomic mass is 9.98. The topological polar surface area (TPSA) is 164 Å². The van der Waals surface area contributed by atoms with Crippen molar-refractivity contribution in [1.82, 2.24) is 15.5 Å². The molecule has 1 unspecified atom stereocenters. The Morgan fingerprint density at radius 2 is 1.59 bits per heavy atom. The van der Waals surface area contributed by atoms with Crippen LogP contribution in [0.15, 0.2) is 18.2 Å². The van der Waals surface area contributed by atoms with Crippen molar-refractivity contribution in [2.45, 2.75) is 154 Å². The normalized spacial score (nSPS) is 20.5. The van der Waals surface area contributed by atoms with Gasteiger partial charge in [-0.2, -0.15) is 0 Å². The van der Waals surface area contributed by atoms with Crippen LogP contribution in [0.4, 0.5) is 0 Å². The molecule has 1 aliphatic carbocycles. The number of methoxy groups -OCH3 is 2. The SMILES string of the molecule is C#C.C1CCNC1.CC.CC.CC[C@H](C)C(SSCCC(=O)O)C(=O)N[C@H]1CCC[C@H]2SC[C@@H](C(=O)O)N2C1=O.COc1ccc(CCOC2CCCCC2)cc1OC. The van der Waals surface area contributed by atoms with Gasteiger partial charge in [0, 0.05) is 11.5 Å². The first-order valence-electron chi connectivity index (χ1n) is 21.4. The van der Waals surface area contributed by atoms with Crippen molar-refractivity contribution in [1.29, 1.82) is 0 Å². The van der Waals surface area contributed by atoms with Crippen LogP contribution in [0.2, 0.25) is 0 Å². The lowest BCUT2D eigenvalue weighted by molar-refractivity contribution is -0.150. The summed E-state index contributed by atoms with van der Waals surface area (Å²) in [6.45, 7) is 15.2. The fraction of sp³-hybridized carbons (Fsp3) is 0.727. The van der Waals surface area contributed by atoms with Crippen LogP contribution in [-0.2, 0) is 30.3 Å². The molecule has 4 N–H and O–H groups in total. The Bertz CT molecular complexity index is 1320. The zero-order valence-electron chi connectivity index (χ0n) is 37.0. The van der Waals surface area contributed by atoms with E-state index in [9.17, 15) is 24.3 Å². The third kappa shape index (κ3) is 21.5. The van der Waals surface area contributed by atoms with Gasteiger partial charge in [-0.15, -0.1) is 24.6 Å². The zero-order valence-corrected chi connectivity index (χ0v) is 39.5. The van der Waals surface area contributed by atoms with Gasteiger partial charge in [-0.25, -0.2) is 4.79 Å². The molecule has 0 radical (unpaired) electrons. The number of carbonyl (C=O) groups excluding carboxylic acids is 2. The van der Waals surface area contributed by atoms with Gasteiger partial charge in [0.05, 0.1) is 44.0 Å². The Balaban J connectivity index is 0.000000954. The molecule has 0 spiro atoms. The summed E-state index contributed by atoms with van der Waals surface area (Å²) in [6.07, 6.45) is 21.4. The second kappa shape index (κ2) is 34.9. The lowest BCUT2D eigenvalue weighted by Crippen LogP contribution is -2.54. The summed E-state index contributed by atoms with van der Waals surface area (Å²) >= 11 is 1.49. The zero-order chi connectivity index (χ0) is 44.6. The molecular formula is C44H75N3O9S3. The van der Waals surface area contributed by atoms with Crippen molar-refractivity contribution in [2.75, 3.05) is 45.4 Å². The molecule has 12 nitrogen and oxygen atoms in total. The number of rotatable bonds is 16. The first kappa shape index (κ1) is 56.2. The van der Waals surface area contributed by atoms with Gasteiger partial charge in [0.25, 0.3) is 0 Å². The van der Waals surface area contributed by atoms with E-state index in [-0.39, 0.29) is 29.5 Å². The quantitative estimate of drug-likeness (QED) is 0.0710. The minimum Gasteiger partial charge on any atom is -0.493 e. The molecule has 15 heteroatoms. The van der Waals surface area contributed by atoms with E-state index >= 15 is 0 Å². The highest BCUT2D eigenvalue weighted by Crippen LogP contribution is 2.37. The van der Waals surface area contributed by atoms with Crippen molar-refractivity contribution >= 4 is 57.1 Å². The van der Waals surface area contributed by atoms with Gasteiger partial charge >= 0.3 is 11.9 Å². The van der Waals surface area contributed by atoms with Gasteiger partial charge < -0.3 is 40.0 Å². The van der Waals surface area contributed by atoms with Gasteiger partial charge in [0.1, 0.15) is 12.1 Å². The Labute approximate surface area is 368 Å². The summed E-state index contributed by atoms with van der Waals surface area (Å²) in [7, 11) is 6.01. The molecular weight excluding hydrogens is 811 g/mol. The maximum atomic E-state index is 13.0.